The van der Waals surface area contributed by atoms with Crippen LogP contribution in [-0.4, -0.2) is 21.1 Å². The minimum absolute atomic E-state index is 1.42. The third-order valence-corrected chi connectivity index (χ3v) is 0. The molecule has 0 aliphatic heterocycles. The number of halogens is 1. The summed E-state index contributed by atoms with van der Waals surface area (Å²) in [5.74, 6) is 0. The largest absolute Gasteiger partial charge is 0.585 e. The van der Waals surface area contributed by atoms with Crippen molar-refractivity contribution in [2.75, 3.05) is 21.1 Å². The average molecular weight is 172 g/mol. The normalized spacial score (nSPS) is 7.71. The standard InChI is InChI=1S/C3H9N.BrO2/c1-4(2)3;2-1-3/h1-3H3;/q;-1/p+1. The Balaban J connectivity index is 0. The summed E-state index contributed by atoms with van der Waals surface area (Å²) in [5.41, 5.74) is 0. The molecule has 0 amide bonds. The summed E-state index contributed by atoms with van der Waals surface area (Å²) in [6.45, 7) is 0. The van der Waals surface area contributed by atoms with Gasteiger partial charge in [0.2, 0.25) is 0 Å². The lowest BCUT2D eigenvalue weighted by Gasteiger charge is -1.88. The zero-order chi connectivity index (χ0) is 6.28. The second-order valence-electron chi connectivity index (χ2n) is 1.56. The first-order chi connectivity index (χ1) is 3.15. The Morgan fingerprint density at radius 2 is 1.14 bits per heavy atom. The van der Waals surface area contributed by atoms with Crippen molar-refractivity contribution in [1.82, 2.24) is 0 Å². The highest BCUT2D eigenvalue weighted by Crippen LogP contribution is 0.940. The van der Waals surface area contributed by atoms with Crippen LogP contribution in [-0.2, 0) is 0 Å². The van der Waals surface area contributed by atoms with E-state index >= 15 is 0 Å². The van der Waals surface area contributed by atoms with Crippen molar-refractivity contribution in [2.24, 2.45) is 0 Å². The van der Waals surface area contributed by atoms with Crippen LogP contribution in [0.3, 0.4) is 0 Å². The molecule has 0 radical (unpaired) electrons. The maximum Gasteiger partial charge on any atom is 0.170 e. The zero-order valence-corrected chi connectivity index (χ0v) is 6.28. The van der Waals surface area contributed by atoms with Gasteiger partial charge in [0, 0.05) is 0 Å². The molecule has 0 rings (SSSR count). The number of hydrogen-bond acceptors (Lipinski definition) is 2. The molecule has 0 bridgehead atoms. The predicted octanol–water partition coefficient (Wildman–Crippen LogP) is -3.62. The second kappa shape index (κ2) is 9.61. The van der Waals surface area contributed by atoms with Crippen LogP contribution in [0, 0.1) is 15.5 Å². The molecule has 0 aromatic heterocycles. The summed E-state index contributed by atoms with van der Waals surface area (Å²) in [6, 6.07) is 0. The zero-order valence-electron chi connectivity index (χ0n) is 4.69. The molecule has 0 spiro atoms. The van der Waals surface area contributed by atoms with Gasteiger partial charge in [0.25, 0.3) is 0 Å². The number of nitrogens with one attached hydrogen (secondary N) is 1. The Morgan fingerprint density at radius 3 is 1.14 bits per heavy atom. The molecule has 0 saturated heterocycles. The van der Waals surface area contributed by atoms with E-state index < -0.39 is 15.5 Å². The molecular weight excluding hydrogens is 162 g/mol. The average Bonchev–Trinajstić information content (AvgIpc) is 1.33. The molecule has 4 heteroatoms. The van der Waals surface area contributed by atoms with Gasteiger partial charge in [0.05, 0.1) is 21.1 Å². The molecule has 0 aliphatic carbocycles. The fourth-order valence-electron chi connectivity index (χ4n) is 0. The molecule has 3 nitrogen and oxygen atoms in total. The molecule has 0 aromatic rings. The molecule has 46 valence electrons. The lowest BCUT2D eigenvalue weighted by atomic mass is 11.0. The lowest BCUT2D eigenvalue weighted by Crippen LogP contribution is -3.02. The molecule has 0 heterocycles. The molecule has 0 aromatic carbocycles. The fourth-order valence-corrected chi connectivity index (χ4v) is 0. The molecule has 0 atom stereocenters. The number of quaternary nitrogens is 1. The van der Waals surface area contributed by atoms with Crippen LogP contribution in [0.15, 0.2) is 0 Å². The van der Waals surface area contributed by atoms with Crippen molar-refractivity contribution in [2.45, 2.75) is 0 Å². The van der Waals surface area contributed by atoms with E-state index in [1.165, 1.54) is 4.90 Å². The van der Waals surface area contributed by atoms with Gasteiger partial charge in [-0.1, -0.05) is 0 Å². The molecule has 0 unspecified atom stereocenters. The monoisotopic (exact) mass is 171 g/mol. The van der Waals surface area contributed by atoms with E-state index in [0.29, 0.717) is 0 Å². The summed E-state index contributed by atoms with van der Waals surface area (Å²) in [6.07, 6.45) is 0. The van der Waals surface area contributed by atoms with Crippen molar-refractivity contribution >= 4 is 0 Å². The fraction of sp³-hybridized carbons (Fsp3) is 1.00. The third-order valence-electron chi connectivity index (χ3n) is 0. The second-order valence-corrected chi connectivity index (χ2v) is 1.83. The maximum absolute atomic E-state index is 8.41. The van der Waals surface area contributed by atoms with Crippen LogP contribution in [0.2, 0.25) is 0 Å². The summed E-state index contributed by atoms with van der Waals surface area (Å²) in [7, 11) is 6.25. The topological polar surface area (TPSA) is 50.6 Å². The summed E-state index contributed by atoms with van der Waals surface area (Å²) in [4.78, 5) is 1.42. The lowest BCUT2D eigenvalue weighted by molar-refractivity contribution is -1.41. The van der Waals surface area contributed by atoms with Crippen molar-refractivity contribution in [3.63, 3.8) is 0 Å². The van der Waals surface area contributed by atoms with E-state index in [1.54, 1.807) is 0 Å². The van der Waals surface area contributed by atoms with Gasteiger partial charge in [0.1, 0.15) is 0 Å². The number of hydrogen-bond donors (Lipinski definition) is 1. The van der Waals surface area contributed by atoms with E-state index in [1.807, 2.05) is 0 Å². The van der Waals surface area contributed by atoms with E-state index in [4.69, 9.17) is 8.40 Å². The Morgan fingerprint density at radius 1 is 1.14 bits per heavy atom. The van der Waals surface area contributed by atoms with Gasteiger partial charge in [-0.2, -0.15) is 0 Å². The van der Waals surface area contributed by atoms with Crippen molar-refractivity contribution in [3.05, 3.63) is 0 Å². The van der Waals surface area contributed by atoms with Gasteiger partial charge < -0.3 is 13.3 Å². The van der Waals surface area contributed by atoms with Crippen LogP contribution in [0.1, 0.15) is 0 Å². The van der Waals surface area contributed by atoms with Gasteiger partial charge in [-0.25, -0.2) is 0 Å². The van der Waals surface area contributed by atoms with Gasteiger partial charge in [-0.3, -0.25) is 0 Å². The van der Waals surface area contributed by atoms with Crippen LogP contribution in [0.5, 0.6) is 0 Å². The molecule has 1 N–H and O–H groups in total. The molecular formula is C3H10BrNO2. The van der Waals surface area contributed by atoms with Gasteiger partial charge >= 0.3 is 0 Å². The molecule has 0 fully saturated rings. The van der Waals surface area contributed by atoms with Crippen molar-refractivity contribution in [1.29, 1.82) is 0 Å². The van der Waals surface area contributed by atoms with Crippen LogP contribution < -0.4 is 13.3 Å². The number of rotatable bonds is 0. The van der Waals surface area contributed by atoms with Crippen molar-refractivity contribution < 1.29 is 28.8 Å². The maximum atomic E-state index is 8.41. The highest BCUT2D eigenvalue weighted by Gasteiger charge is 1.61. The minimum Gasteiger partial charge on any atom is -0.585 e. The van der Waals surface area contributed by atoms with Gasteiger partial charge in [0.15, 0.2) is 15.5 Å². The van der Waals surface area contributed by atoms with E-state index in [2.05, 4.69) is 21.1 Å². The predicted molar refractivity (Wildman–Crippen MR) is 18.7 cm³/mol. The van der Waals surface area contributed by atoms with E-state index in [0.717, 1.165) is 0 Å². The van der Waals surface area contributed by atoms with Crippen LogP contribution in [0.25, 0.3) is 0 Å². The highest BCUT2D eigenvalue weighted by atomic mass is 79.9. The van der Waals surface area contributed by atoms with Crippen LogP contribution >= 0.6 is 0 Å². The SMILES string of the molecule is C[NH+](C)C.[O-][Br+][O-]. The van der Waals surface area contributed by atoms with Crippen molar-refractivity contribution in [3.8, 4) is 0 Å². The van der Waals surface area contributed by atoms with Gasteiger partial charge in [-0.05, 0) is 0 Å². The molecule has 0 aliphatic rings. The van der Waals surface area contributed by atoms with E-state index in [-0.39, 0.29) is 0 Å². The summed E-state index contributed by atoms with van der Waals surface area (Å²) in [5, 5.41) is 0. The first-order valence-electron chi connectivity index (χ1n) is 1.81. The third kappa shape index (κ3) is 933. The Labute approximate surface area is 50.7 Å². The minimum atomic E-state index is -1.44. The molecule has 0 saturated carbocycles. The first-order valence-corrected chi connectivity index (χ1v) is 3.10. The van der Waals surface area contributed by atoms with Gasteiger partial charge in [-0.15, -0.1) is 0 Å². The summed E-state index contributed by atoms with van der Waals surface area (Å²) < 4.78 is 16.8. The van der Waals surface area contributed by atoms with Crippen LogP contribution in [0.4, 0.5) is 0 Å². The quantitative estimate of drug-likeness (QED) is 0.410. The highest BCUT2D eigenvalue weighted by molar-refractivity contribution is 3.59. The van der Waals surface area contributed by atoms with E-state index in [9.17, 15) is 0 Å². The summed E-state index contributed by atoms with van der Waals surface area (Å²) >= 11 is -1.44. The molecule has 7 heavy (non-hydrogen) atoms. The Bertz CT molecular complexity index is 24.1. The Hall–Kier alpha value is 0.360. The Kier molecular flexibility index (Phi) is 14.2. The smallest absolute Gasteiger partial charge is 0.170 e. The first kappa shape index (κ1) is 10.4.